The highest BCUT2D eigenvalue weighted by Gasteiger charge is 2.20. The first-order valence-electron chi connectivity index (χ1n) is 5.39. The molecule has 0 aromatic carbocycles. The second kappa shape index (κ2) is 5.47. The molecule has 0 spiro atoms. The number of hydrogen-bond acceptors (Lipinski definition) is 3. The maximum absolute atomic E-state index is 11.2. The van der Waals surface area contributed by atoms with Gasteiger partial charge in [0.25, 0.3) is 0 Å². The number of hydrogen-bond donors (Lipinski definition) is 0. The topological polar surface area (TPSA) is 29.5 Å². The number of carbonyl (C=O) groups is 1. The van der Waals surface area contributed by atoms with Gasteiger partial charge >= 0.3 is 0 Å². The summed E-state index contributed by atoms with van der Waals surface area (Å²) in [5, 5.41) is 0. The fraction of sp³-hybridized carbons (Fsp3) is 0.909. The molecule has 82 valence electrons. The molecule has 2 unspecified atom stereocenters. The molecule has 2 atom stereocenters. The molecular weight excluding hydrogens is 178 g/mol. The van der Waals surface area contributed by atoms with Crippen LogP contribution in [0.25, 0.3) is 0 Å². The number of ketones is 1. The minimum atomic E-state index is 0.0388. The van der Waals surface area contributed by atoms with E-state index in [1.807, 2.05) is 14.0 Å². The molecule has 0 aromatic rings. The Morgan fingerprint density at radius 2 is 2.36 bits per heavy atom. The lowest BCUT2D eigenvalue weighted by Gasteiger charge is -2.29. The smallest absolute Gasteiger partial charge is 0.146 e. The molecule has 1 rings (SSSR count). The first-order valence-corrected chi connectivity index (χ1v) is 5.39. The van der Waals surface area contributed by atoms with Crippen molar-refractivity contribution in [2.45, 2.75) is 32.7 Å². The van der Waals surface area contributed by atoms with E-state index in [2.05, 4.69) is 4.90 Å². The number of ether oxygens (including phenoxy) is 1. The third kappa shape index (κ3) is 3.39. The van der Waals surface area contributed by atoms with Crippen LogP contribution in [0.2, 0.25) is 0 Å². The van der Waals surface area contributed by atoms with Gasteiger partial charge in [-0.1, -0.05) is 0 Å². The Kier molecular flexibility index (Phi) is 4.55. The molecule has 0 aromatic heterocycles. The number of Topliss-reactive ketones (excluding diaryl/α,β-unsaturated/α-hetero) is 1. The number of likely N-dealkylation sites (N-methyl/N-ethyl adjacent to an activating group) is 1. The monoisotopic (exact) mass is 199 g/mol. The molecule has 1 aliphatic rings. The Balaban J connectivity index is 2.31. The van der Waals surface area contributed by atoms with E-state index in [-0.39, 0.29) is 11.8 Å². The SMILES string of the molecule is CC(=O)C(C)N(C)CC1CCCOC1. The number of rotatable bonds is 4. The molecule has 0 bridgehead atoms. The zero-order chi connectivity index (χ0) is 10.6. The fourth-order valence-corrected chi connectivity index (χ4v) is 1.83. The van der Waals surface area contributed by atoms with Gasteiger partial charge in [-0.05, 0) is 39.7 Å². The lowest BCUT2D eigenvalue weighted by molar-refractivity contribution is -0.121. The Bertz CT molecular complexity index is 188. The maximum Gasteiger partial charge on any atom is 0.146 e. The van der Waals surface area contributed by atoms with Gasteiger partial charge < -0.3 is 4.74 Å². The standard InChI is InChI=1S/C11H21NO2/c1-9(10(2)13)12(3)7-11-5-4-6-14-8-11/h9,11H,4-8H2,1-3H3. The van der Waals surface area contributed by atoms with Crippen molar-refractivity contribution in [1.29, 1.82) is 0 Å². The van der Waals surface area contributed by atoms with Gasteiger partial charge in [-0.3, -0.25) is 9.69 Å². The Labute approximate surface area is 86.4 Å². The lowest BCUT2D eigenvalue weighted by Crippen LogP contribution is -2.39. The molecule has 3 heteroatoms. The molecule has 0 amide bonds. The van der Waals surface area contributed by atoms with Gasteiger partial charge in [0.05, 0.1) is 12.6 Å². The van der Waals surface area contributed by atoms with Gasteiger partial charge in [0.2, 0.25) is 0 Å². The van der Waals surface area contributed by atoms with E-state index in [1.165, 1.54) is 6.42 Å². The van der Waals surface area contributed by atoms with Crippen LogP contribution < -0.4 is 0 Å². The second-order valence-electron chi connectivity index (χ2n) is 4.31. The van der Waals surface area contributed by atoms with Crippen molar-refractivity contribution in [3.05, 3.63) is 0 Å². The minimum absolute atomic E-state index is 0.0388. The molecule has 0 aliphatic carbocycles. The molecule has 1 heterocycles. The van der Waals surface area contributed by atoms with E-state index in [1.54, 1.807) is 6.92 Å². The Morgan fingerprint density at radius 3 is 2.86 bits per heavy atom. The molecule has 0 radical (unpaired) electrons. The van der Waals surface area contributed by atoms with Crippen LogP contribution in [0, 0.1) is 5.92 Å². The van der Waals surface area contributed by atoms with Crippen LogP contribution in [-0.4, -0.2) is 43.5 Å². The molecule has 0 N–H and O–H groups in total. The summed E-state index contributed by atoms with van der Waals surface area (Å²) >= 11 is 0. The van der Waals surface area contributed by atoms with Gasteiger partial charge in [0.1, 0.15) is 5.78 Å². The average molecular weight is 199 g/mol. The van der Waals surface area contributed by atoms with Crippen molar-refractivity contribution in [3.63, 3.8) is 0 Å². The van der Waals surface area contributed by atoms with E-state index >= 15 is 0 Å². The average Bonchev–Trinajstić information content (AvgIpc) is 2.18. The Morgan fingerprint density at radius 1 is 1.64 bits per heavy atom. The van der Waals surface area contributed by atoms with Crippen molar-refractivity contribution in [2.24, 2.45) is 5.92 Å². The highest BCUT2D eigenvalue weighted by Crippen LogP contribution is 2.15. The van der Waals surface area contributed by atoms with Crippen molar-refractivity contribution >= 4 is 5.78 Å². The van der Waals surface area contributed by atoms with Crippen LogP contribution in [0.5, 0.6) is 0 Å². The van der Waals surface area contributed by atoms with Crippen molar-refractivity contribution in [2.75, 3.05) is 26.8 Å². The molecule has 1 aliphatic heterocycles. The van der Waals surface area contributed by atoms with E-state index in [0.29, 0.717) is 5.92 Å². The van der Waals surface area contributed by atoms with Gasteiger partial charge in [0, 0.05) is 13.2 Å². The summed E-state index contributed by atoms with van der Waals surface area (Å²) in [5.41, 5.74) is 0. The molecule has 14 heavy (non-hydrogen) atoms. The summed E-state index contributed by atoms with van der Waals surface area (Å²) in [6.45, 7) is 6.35. The second-order valence-corrected chi connectivity index (χ2v) is 4.31. The van der Waals surface area contributed by atoms with E-state index in [0.717, 1.165) is 26.2 Å². The third-order valence-electron chi connectivity index (χ3n) is 3.05. The first kappa shape index (κ1) is 11.7. The summed E-state index contributed by atoms with van der Waals surface area (Å²) in [5.74, 6) is 0.847. The van der Waals surface area contributed by atoms with Crippen LogP contribution in [0.3, 0.4) is 0 Å². The third-order valence-corrected chi connectivity index (χ3v) is 3.05. The van der Waals surface area contributed by atoms with Crippen LogP contribution in [-0.2, 0) is 9.53 Å². The molecule has 1 saturated heterocycles. The van der Waals surface area contributed by atoms with E-state index in [9.17, 15) is 4.79 Å². The maximum atomic E-state index is 11.2. The largest absolute Gasteiger partial charge is 0.381 e. The quantitative estimate of drug-likeness (QED) is 0.684. The molecule has 1 fully saturated rings. The van der Waals surface area contributed by atoms with Crippen molar-refractivity contribution in [3.8, 4) is 0 Å². The van der Waals surface area contributed by atoms with Gasteiger partial charge in [0.15, 0.2) is 0 Å². The predicted octanol–water partition coefficient (Wildman–Crippen LogP) is 1.32. The zero-order valence-electron chi connectivity index (χ0n) is 9.45. The van der Waals surface area contributed by atoms with Crippen LogP contribution in [0.15, 0.2) is 0 Å². The van der Waals surface area contributed by atoms with Crippen molar-refractivity contribution in [1.82, 2.24) is 4.90 Å². The van der Waals surface area contributed by atoms with Crippen molar-refractivity contribution < 1.29 is 9.53 Å². The van der Waals surface area contributed by atoms with Crippen LogP contribution in [0.1, 0.15) is 26.7 Å². The fourth-order valence-electron chi connectivity index (χ4n) is 1.83. The number of carbonyl (C=O) groups excluding carboxylic acids is 1. The van der Waals surface area contributed by atoms with Crippen LogP contribution in [0.4, 0.5) is 0 Å². The van der Waals surface area contributed by atoms with E-state index < -0.39 is 0 Å². The molecule has 3 nitrogen and oxygen atoms in total. The lowest BCUT2D eigenvalue weighted by atomic mass is 10.0. The Hall–Kier alpha value is -0.410. The first-order chi connectivity index (χ1) is 6.61. The zero-order valence-corrected chi connectivity index (χ0v) is 9.45. The molecule has 0 saturated carbocycles. The minimum Gasteiger partial charge on any atom is -0.381 e. The summed E-state index contributed by atoms with van der Waals surface area (Å²) < 4.78 is 5.41. The highest BCUT2D eigenvalue weighted by molar-refractivity contribution is 5.80. The summed E-state index contributed by atoms with van der Waals surface area (Å²) in [7, 11) is 2.01. The van der Waals surface area contributed by atoms with Gasteiger partial charge in [-0.25, -0.2) is 0 Å². The van der Waals surface area contributed by atoms with Gasteiger partial charge in [-0.15, -0.1) is 0 Å². The predicted molar refractivity (Wildman–Crippen MR) is 56.3 cm³/mol. The van der Waals surface area contributed by atoms with E-state index in [4.69, 9.17) is 4.74 Å². The summed E-state index contributed by atoms with van der Waals surface area (Å²) in [6, 6.07) is 0.0388. The highest BCUT2D eigenvalue weighted by atomic mass is 16.5. The normalized spacial score (nSPS) is 25.0. The van der Waals surface area contributed by atoms with Gasteiger partial charge in [-0.2, -0.15) is 0 Å². The summed E-state index contributed by atoms with van der Waals surface area (Å²) in [4.78, 5) is 13.3. The summed E-state index contributed by atoms with van der Waals surface area (Å²) in [6.07, 6.45) is 2.39. The van der Waals surface area contributed by atoms with Crippen LogP contribution >= 0.6 is 0 Å². The molecular formula is C11H21NO2. The number of nitrogens with zero attached hydrogens (tertiary/aromatic N) is 1.